The Labute approximate surface area is 189 Å². The normalized spacial score (nSPS) is 10.7. The van der Waals surface area contributed by atoms with Crippen molar-refractivity contribution in [3.05, 3.63) is 63.9 Å². The number of rotatable bonds is 9. The summed E-state index contributed by atoms with van der Waals surface area (Å²) in [4.78, 5) is 32.1. The number of ether oxygens (including phenoxy) is 1. The van der Waals surface area contributed by atoms with Gasteiger partial charge >= 0.3 is 0 Å². The second-order valence-electron chi connectivity index (χ2n) is 6.58. The van der Waals surface area contributed by atoms with Gasteiger partial charge in [-0.25, -0.2) is 4.98 Å². The number of nitrogens with zero attached hydrogens (tertiary/aromatic N) is 4. The predicted molar refractivity (Wildman–Crippen MR) is 123 cm³/mol. The molecule has 3 rings (SSSR count). The van der Waals surface area contributed by atoms with Crippen molar-refractivity contribution in [2.24, 2.45) is 0 Å². The summed E-state index contributed by atoms with van der Waals surface area (Å²) in [5.41, 5.74) is 0.988. The molecule has 0 atom stereocenters. The average molecular weight is 457 g/mol. The minimum Gasteiger partial charge on any atom is -0.383 e. The maximum absolute atomic E-state index is 13.0. The zero-order valence-corrected chi connectivity index (χ0v) is 18.5. The molecule has 0 fully saturated rings. The summed E-state index contributed by atoms with van der Waals surface area (Å²) >= 11 is 7.25. The van der Waals surface area contributed by atoms with E-state index in [1.807, 2.05) is 30.3 Å². The Morgan fingerprint density at radius 1 is 1.29 bits per heavy atom. The van der Waals surface area contributed by atoms with Crippen LogP contribution in [0.15, 0.2) is 58.5 Å². The second-order valence-corrected chi connectivity index (χ2v) is 7.96. The van der Waals surface area contributed by atoms with E-state index in [2.05, 4.69) is 11.1 Å². The van der Waals surface area contributed by atoms with E-state index < -0.39 is 0 Å². The molecule has 9 heteroatoms. The molecule has 0 saturated carbocycles. The van der Waals surface area contributed by atoms with Gasteiger partial charge in [0.05, 0.1) is 42.3 Å². The van der Waals surface area contributed by atoms with E-state index in [4.69, 9.17) is 21.6 Å². The number of nitriles is 1. The number of benzene rings is 2. The largest absolute Gasteiger partial charge is 0.383 e. The van der Waals surface area contributed by atoms with Crippen LogP contribution >= 0.6 is 23.4 Å². The van der Waals surface area contributed by atoms with Crippen LogP contribution in [0.1, 0.15) is 6.42 Å². The Hall–Kier alpha value is -2.86. The van der Waals surface area contributed by atoms with E-state index in [1.54, 1.807) is 30.2 Å². The molecular weight excluding hydrogens is 436 g/mol. The number of methoxy groups -OCH3 is 1. The second kappa shape index (κ2) is 11.0. The molecule has 7 nitrogen and oxygen atoms in total. The summed E-state index contributed by atoms with van der Waals surface area (Å²) in [5, 5.41) is 10.3. The molecular formula is C22H21ClN4O3S. The lowest BCUT2D eigenvalue weighted by Gasteiger charge is -2.22. The van der Waals surface area contributed by atoms with Gasteiger partial charge in [-0.15, -0.1) is 0 Å². The van der Waals surface area contributed by atoms with Gasteiger partial charge in [-0.1, -0.05) is 41.6 Å². The van der Waals surface area contributed by atoms with Crippen molar-refractivity contribution < 1.29 is 9.53 Å². The van der Waals surface area contributed by atoms with Crippen LogP contribution in [0.4, 0.5) is 5.69 Å². The van der Waals surface area contributed by atoms with Gasteiger partial charge in [-0.3, -0.25) is 14.2 Å². The third kappa shape index (κ3) is 5.64. The monoisotopic (exact) mass is 456 g/mol. The highest BCUT2D eigenvalue weighted by atomic mass is 35.5. The number of carbonyl (C=O) groups excluding carboxylic acids is 1. The summed E-state index contributed by atoms with van der Waals surface area (Å²) in [6.07, 6.45) is 0.219. The number of para-hydroxylation sites is 1. The Morgan fingerprint density at radius 2 is 2.06 bits per heavy atom. The van der Waals surface area contributed by atoms with Crippen LogP contribution in [0.2, 0.25) is 5.02 Å². The summed E-state index contributed by atoms with van der Waals surface area (Å²) < 4.78 is 6.64. The van der Waals surface area contributed by atoms with Crippen LogP contribution in [0.3, 0.4) is 0 Å². The molecule has 0 aliphatic carbocycles. The van der Waals surface area contributed by atoms with Crippen LogP contribution in [-0.4, -0.2) is 41.5 Å². The van der Waals surface area contributed by atoms with Crippen molar-refractivity contribution >= 4 is 45.9 Å². The first kappa shape index (κ1) is 22.8. The number of anilines is 1. The maximum atomic E-state index is 13.0. The van der Waals surface area contributed by atoms with Gasteiger partial charge in [-0.2, -0.15) is 5.26 Å². The van der Waals surface area contributed by atoms with E-state index in [-0.39, 0.29) is 30.2 Å². The standard InChI is InChI=1S/C22H21ClN4O3S/c1-30-13-12-27-21(29)18-9-8-16(23)14-19(18)25-22(27)31-15-20(28)26(11-5-10-24)17-6-3-2-4-7-17/h2-4,6-9,14H,5,11-13,15H2,1H3. The Balaban J connectivity index is 1.89. The molecule has 2 aromatic carbocycles. The third-order valence-electron chi connectivity index (χ3n) is 4.54. The zero-order chi connectivity index (χ0) is 22.2. The van der Waals surface area contributed by atoms with E-state index in [0.29, 0.717) is 34.2 Å². The molecule has 160 valence electrons. The van der Waals surface area contributed by atoms with Crippen molar-refractivity contribution in [3.63, 3.8) is 0 Å². The molecule has 1 heterocycles. The number of hydrogen-bond acceptors (Lipinski definition) is 6. The quantitative estimate of drug-likeness (QED) is 0.360. The fourth-order valence-electron chi connectivity index (χ4n) is 3.04. The first-order valence-electron chi connectivity index (χ1n) is 9.59. The topological polar surface area (TPSA) is 88.2 Å². The molecule has 31 heavy (non-hydrogen) atoms. The van der Waals surface area contributed by atoms with Crippen LogP contribution in [0, 0.1) is 11.3 Å². The van der Waals surface area contributed by atoms with Crippen molar-refractivity contribution in [2.45, 2.75) is 18.1 Å². The molecule has 0 spiro atoms. The Kier molecular flexibility index (Phi) is 8.06. The summed E-state index contributed by atoms with van der Waals surface area (Å²) in [6, 6.07) is 16.2. The Bertz CT molecular complexity index is 1160. The smallest absolute Gasteiger partial charge is 0.262 e. The first-order valence-corrected chi connectivity index (χ1v) is 11.0. The maximum Gasteiger partial charge on any atom is 0.262 e. The lowest BCUT2D eigenvalue weighted by Crippen LogP contribution is -2.33. The van der Waals surface area contributed by atoms with Gasteiger partial charge in [0.15, 0.2) is 5.16 Å². The number of thioether (sulfide) groups is 1. The van der Waals surface area contributed by atoms with Crippen LogP contribution < -0.4 is 10.5 Å². The molecule has 3 aromatic rings. The van der Waals surface area contributed by atoms with Gasteiger partial charge in [-0.05, 0) is 30.3 Å². The number of carbonyl (C=O) groups is 1. The number of hydrogen-bond donors (Lipinski definition) is 0. The van der Waals surface area contributed by atoms with E-state index in [0.717, 1.165) is 5.69 Å². The first-order chi connectivity index (χ1) is 15.0. The molecule has 0 aliphatic rings. The van der Waals surface area contributed by atoms with Crippen LogP contribution in [0.5, 0.6) is 0 Å². The summed E-state index contributed by atoms with van der Waals surface area (Å²) in [7, 11) is 1.56. The Morgan fingerprint density at radius 3 is 2.77 bits per heavy atom. The highest BCUT2D eigenvalue weighted by Crippen LogP contribution is 2.22. The van der Waals surface area contributed by atoms with Crippen molar-refractivity contribution in [1.82, 2.24) is 9.55 Å². The average Bonchev–Trinajstić information content (AvgIpc) is 2.78. The summed E-state index contributed by atoms with van der Waals surface area (Å²) in [5.74, 6) is -0.114. The van der Waals surface area contributed by atoms with Crippen molar-refractivity contribution in [1.29, 1.82) is 5.26 Å². The number of halogens is 1. The van der Waals surface area contributed by atoms with Gasteiger partial charge < -0.3 is 9.64 Å². The molecule has 0 unspecified atom stereocenters. The van der Waals surface area contributed by atoms with E-state index in [9.17, 15) is 9.59 Å². The zero-order valence-electron chi connectivity index (χ0n) is 17.0. The molecule has 0 radical (unpaired) electrons. The SMILES string of the molecule is COCCn1c(SCC(=O)N(CCC#N)c2ccccc2)nc2cc(Cl)ccc2c1=O. The fourth-order valence-corrected chi connectivity index (χ4v) is 4.10. The van der Waals surface area contributed by atoms with Gasteiger partial charge in [0.25, 0.3) is 5.56 Å². The number of fused-ring (bicyclic) bond motifs is 1. The van der Waals surface area contributed by atoms with Crippen molar-refractivity contribution in [3.8, 4) is 6.07 Å². The fraction of sp³-hybridized carbons (Fsp3) is 0.273. The molecule has 1 amide bonds. The minimum absolute atomic E-state index is 0.0613. The summed E-state index contributed by atoms with van der Waals surface area (Å²) in [6.45, 7) is 0.936. The highest BCUT2D eigenvalue weighted by molar-refractivity contribution is 7.99. The van der Waals surface area contributed by atoms with Crippen molar-refractivity contribution in [2.75, 3.05) is 30.9 Å². The number of amides is 1. The van der Waals surface area contributed by atoms with Gasteiger partial charge in [0.2, 0.25) is 5.91 Å². The molecule has 0 saturated heterocycles. The van der Waals surface area contributed by atoms with Crippen LogP contribution in [0.25, 0.3) is 10.9 Å². The van der Waals surface area contributed by atoms with E-state index in [1.165, 1.54) is 16.3 Å². The molecule has 0 N–H and O–H groups in total. The van der Waals surface area contributed by atoms with Crippen LogP contribution in [-0.2, 0) is 16.1 Å². The van der Waals surface area contributed by atoms with Gasteiger partial charge in [0, 0.05) is 24.4 Å². The molecule has 1 aromatic heterocycles. The molecule has 0 aliphatic heterocycles. The third-order valence-corrected chi connectivity index (χ3v) is 5.74. The lowest BCUT2D eigenvalue weighted by molar-refractivity contribution is -0.116. The number of aromatic nitrogens is 2. The minimum atomic E-state index is -0.210. The highest BCUT2D eigenvalue weighted by Gasteiger charge is 2.18. The van der Waals surface area contributed by atoms with E-state index >= 15 is 0 Å². The van der Waals surface area contributed by atoms with Gasteiger partial charge in [0.1, 0.15) is 0 Å². The predicted octanol–water partition coefficient (Wildman–Crippen LogP) is 3.74. The molecule has 0 bridgehead atoms. The lowest BCUT2D eigenvalue weighted by atomic mass is 10.2.